The lowest BCUT2D eigenvalue weighted by atomic mass is 9.80. The Labute approximate surface area is 165 Å². The normalized spacial score (nSPS) is 12.5. The van der Waals surface area contributed by atoms with Crippen molar-refractivity contribution >= 4 is 11.9 Å². The summed E-state index contributed by atoms with van der Waals surface area (Å²) in [7, 11) is 0. The van der Waals surface area contributed by atoms with E-state index in [4.69, 9.17) is 0 Å². The molecule has 0 aromatic heterocycles. The van der Waals surface area contributed by atoms with E-state index in [1.807, 2.05) is 0 Å². The van der Waals surface area contributed by atoms with Crippen LogP contribution in [0.15, 0.2) is 36.5 Å². The molecule has 0 rings (SSSR count). The molecule has 0 radical (unpaired) electrons. The van der Waals surface area contributed by atoms with Crippen molar-refractivity contribution in [1.29, 1.82) is 0 Å². The lowest BCUT2D eigenvalue weighted by Gasteiger charge is -2.22. The van der Waals surface area contributed by atoms with Crippen LogP contribution in [0.5, 0.6) is 0 Å². The van der Waals surface area contributed by atoms with Gasteiger partial charge in [-0.25, -0.2) is 0 Å². The van der Waals surface area contributed by atoms with Crippen molar-refractivity contribution in [3.63, 3.8) is 0 Å². The van der Waals surface area contributed by atoms with Crippen molar-refractivity contribution < 1.29 is 19.8 Å². The number of unbranched alkanes of at least 4 members (excludes halogenated alkanes) is 6. The highest BCUT2D eigenvalue weighted by Crippen LogP contribution is 2.30. The largest absolute Gasteiger partial charge is 0.480 e. The molecule has 0 aliphatic carbocycles. The van der Waals surface area contributed by atoms with Gasteiger partial charge in [-0.15, -0.1) is 0 Å². The van der Waals surface area contributed by atoms with Crippen molar-refractivity contribution in [2.24, 2.45) is 5.41 Å². The van der Waals surface area contributed by atoms with Crippen molar-refractivity contribution in [1.82, 2.24) is 0 Å². The summed E-state index contributed by atoms with van der Waals surface area (Å²) in [5.41, 5.74) is -1.61. The lowest BCUT2D eigenvalue weighted by Crippen LogP contribution is -2.38. The summed E-state index contributed by atoms with van der Waals surface area (Å²) in [5.74, 6) is -2.42. The van der Waals surface area contributed by atoms with Crippen LogP contribution in [0, 0.1) is 5.41 Å². The van der Waals surface area contributed by atoms with Crippen LogP contribution in [0.25, 0.3) is 0 Å². The molecule has 0 aromatic rings. The van der Waals surface area contributed by atoms with Crippen LogP contribution >= 0.6 is 0 Å². The van der Waals surface area contributed by atoms with Crippen LogP contribution in [0.3, 0.4) is 0 Å². The van der Waals surface area contributed by atoms with Crippen LogP contribution in [-0.2, 0) is 9.59 Å². The second kappa shape index (κ2) is 16.3. The highest BCUT2D eigenvalue weighted by Gasteiger charge is 2.44. The molecular formula is C23H38O4. The fourth-order valence-corrected chi connectivity index (χ4v) is 3.01. The van der Waals surface area contributed by atoms with Crippen molar-refractivity contribution in [2.45, 2.75) is 90.9 Å². The number of allylic oxidation sites excluding steroid dienone is 6. The molecule has 0 heterocycles. The summed E-state index contributed by atoms with van der Waals surface area (Å²) < 4.78 is 0. The predicted octanol–water partition coefficient (Wildman–Crippen LogP) is 6.53. The van der Waals surface area contributed by atoms with Crippen molar-refractivity contribution in [3.05, 3.63) is 36.5 Å². The van der Waals surface area contributed by atoms with Gasteiger partial charge in [-0.1, -0.05) is 82.4 Å². The quantitative estimate of drug-likeness (QED) is 0.171. The van der Waals surface area contributed by atoms with E-state index in [-0.39, 0.29) is 12.8 Å². The number of carboxylic acids is 2. The van der Waals surface area contributed by atoms with Crippen LogP contribution in [0.4, 0.5) is 0 Å². The molecule has 4 heteroatoms. The van der Waals surface area contributed by atoms with Gasteiger partial charge in [0.25, 0.3) is 0 Å². The van der Waals surface area contributed by atoms with Gasteiger partial charge in [0.1, 0.15) is 0 Å². The first-order chi connectivity index (χ1) is 13.0. The second-order valence-corrected chi connectivity index (χ2v) is 7.00. The third kappa shape index (κ3) is 11.5. The molecule has 27 heavy (non-hydrogen) atoms. The van der Waals surface area contributed by atoms with Crippen molar-refractivity contribution in [2.75, 3.05) is 0 Å². The third-order valence-electron chi connectivity index (χ3n) is 4.93. The molecule has 0 unspecified atom stereocenters. The van der Waals surface area contributed by atoms with E-state index in [1.165, 1.54) is 12.8 Å². The molecule has 0 aliphatic rings. The van der Waals surface area contributed by atoms with Gasteiger partial charge in [-0.3, -0.25) is 9.59 Å². The smallest absolute Gasteiger partial charge is 0.321 e. The van der Waals surface area contributed by atoms with E-state index in [1.54, 1.807) is 6.92 Å². The topological polar surface area (TPSA) is 74.6 Å². The van der Waals surface area contributed by atoms with Crippen LogP contribution < -0.4 is 0 Å². The predicted molar refractivity (Wildman–Crippen MR) is 112 cm³/mol. The molecule has 0 amide bonds. The van der Waals surface area contributed by atoms with Crippen LogP contribution in [-0.4, -0.2) is 22.2 Å². The van der Waals surface area contributed by atoms with E-state index in [2.05, 4.69) is 43.4 Å². The zero-order valence-corrected chi connectivity index (χ0v) is 17.2. The summed E-state index contributed by atoms with van der Waals surface area (Å²) in [4.78, 5) is 22.6. The molecule has 0 aromatic carbocycles. The molecule has 0 bridgehead atoms. The first-order valence-corrected chi connectivity index (χ1v) is 10.4. The highest BCUT2D eigenvalue weighted by atomic mass is 16.4. The van der Waals surface area contributed by atoms with Gasteiger partial charge in [0.05, 0.1) is 0 Å². The standard InChI is InChI=1S/C23H38O4/c1-3-5-6-7-8-9-10-11-12-13-14-15-16-17-18-19-20-23(4-2,21(24)25)22(26)27/h5-6,8-9,11-12H,3-4,7,10,13-20H2,1-2H3,(H,24,25)(H,26,27)/b6-5-,9-8-,12-11-. The summed E-state index contributed by atoms with van der Waals surface area (Å²) in [6, 6.07) is 0. The minimum absolute atomic E-state index is 0.134. The van der Waals surface area contributed by atoms with Gasteiger partial charge in [0.2, 0.25) is 0 Å². The maximum atomic E-state index is 11.3. The Morgan fingerprint density at radius 2 is 1.19 bits per heavy atom. The summed E-state index contributed by atoms with van der Waals surface area (Å²) in [5, 5.41) is 18.5. The first-order valence-electron chi connectivity index (χ1n) is 10.4. The molecule has 4 nitrogen and oxygen atoms in total. The van der Waals surface area contributed by atoms with Crippen molar-refractivity contribution in [3.8, 4) is 0 Å². The Kier molecular flexibility index (Phi) is 15.2. The monoisotopic (exact) mass is 378 g/mol. The second-order valence-electron chi connectivity index (χ2n) is 7.00. The highest BCUT2D eigenvalue weighted by molar-refractivity contribution is 5.98. The Hall–Kier alpha value is -1.84. The lowest BCUT2D eigenvalue weighted by molar-refractivity contribution is -0.165. The van der Waals surface area contributed by atoms with E-state index in [0.29, 0.717) is 6.42 Å². The Bertz CT molecular complexity index is 475. The molecular weight excluding hydrogens is 340 g/mol. The van der Waals surface area contributed by atoms with Gasteiger partial charge < -0.3 is 10.2 Å². The zero-order chi connectivity index (χ0) is 20.4. The minimum Gasteiger partial charge on any atom is -0.480 e. The number of aliphatic carboxylic acids is 2. The number of carboxylic acid groups (broad SMARTS) is 2. The Morgan fingerprint density at radius 1 is 0.704 bits per heavy atom. The number of rotatable bonds is 17. The zero-order valence-electron chi connectivity index (χ0n) is 17.2. The van der Waals surface area contributed by atoms with Gasteiger partial charge in [-0.05, 0) is 44.9 Å². The number of carbonyl (C=O) groups is 2. The molecule has 0 saturated carbocycles. The Morgan fingerprint density at radius 3 is 1.70 bits per heavy atom. The van der Waals surface area contributed by atoms with E-state index in [0.717, 1.165) is 44.9 Å². The number of hydrogen-bond donors (Lipinski definition) is 2. The van der Waals surface area contributed by atoms with E-state index < -0.39 is 17.4 Å². The SMILES string of the molecule is CC/C=C\C/C=C\C/C=C\CCCCCCCCC(CC)(C(=O)O)C(=O)O. The third-order valence-corrected chi connectivity index (χ3v) is 4.93. The average Bonchev–Trinajstić information content (AvgIpc) is 2.64. The van der Waals surface area contributed by atoms with Gasteiger partial charge in [0, 0.05) is 0 Å². The average molecular weight is 379 g/mol. The maximum Gasteiger partial charge on any atom is 0.321 e. The van der Waals surface area contributed by atoms with Gasteiger partial charge in [-0.2, -0.15) is 0 Å². The van der Waals surface area contributed by atoms with Gasteiger partial charge >= 0.3 is 11.9 Å². The van der Waals surface area contributed by atoms with Gasteiger partial charge in [0.15, 0.2) is 5.41 Å². The van der Waals surface area contributed by atoms with E-state index >= 15 is 0 Å². The molecule has 0 saturated heterocycles. The Balaban J connectivity index is 3.67. The first kappa shape index (κ1) is 25.2. The minimum atomic E-state index is -1.61. The molecule has 0 spiro atoms. The van der Waals surface area contributed by atoms with Crippen LogP contribution in [0.2, 0.25) is 0 Å². The van der Waals surface area contributed by atoms with Crippen LogP contribution in [0.1, 0.15) is 90.9 Å². The molecule has 0 aliphatic heterocycles. The molecule has 2 N–H and O–H groups in total. The summed E-state index contributed by atoms with van der Waals surface area (Å²) in [6.45, 7) is 3.77. The fraction of sp³-hybridized carbons (Fsp3) is 0.652. The maximum absolute atomic E-state index is 11.3. The number of hydrogen-bond acceptors (Lipinski definition) is 2. The molecule has 0 atom stereocenters. The summed E-state index contributed by atoms with van der Waals surface area (Å²) in [6.07, 6.45) is 23.8. The molecule has 154 valence electrons. The fourth-order valence-electron chi connectivity index (χ4n) is 3.01. The molecule has 0 fully saturated rings. The van der Waals surface area contributed by atoms with E-state index in [9.17, 15) is 19.8 Å². The summed E-state index contributed by atoms with van der Waals surface area (Å²) >= 11 is 0.